The number of hydrogen-bond donors (Lipinski definition) is 0. The Balaban J connectivity index is 2.04. The largest absolute Gasteiger partial charge is 0.489 e. The summed E-state index contributed by atoms with van der Waals surface area (Å²) in [6, 6.07) is 9.28. The predicted octanol–water partition coefficient (Wildman–Crippen LogP) is 2.56. The van der Waals surface area contributed by atoms with Crippen molar-refractivity contribution in [3.05, 3.63) is 42.5 Å². The number of hydrogen-bond acceptors (Lipinski definition) is 3. The molecule has 3 heteroatoms. The normalized spacial score (nSPS) is 17.8. The number of ketones is 2. The van der Waals surface area contributed by atoms with Gasteiger partial charge in [-0.05, 0) is 24.6 Å². The third kappa shape index (κ3) is 2.08. The van der Waals surface area contributed by atoms with Crippen LogP contribution in [0, 0.1) is 5.41 Å². The highest BCUT2D eigenvalue weighted by Crippen LogP contribution is 2.37. The molecule has 0 unspecified atom stereocenters. The molecule has 3 nitrogen and oxygen atoms in total. The Morgan fingerprint density at radius 1 is 1.22 bits per heavy atom. The molecule has 1 fully saturated rings. The summed E-state index contributed by atoms with van der Waals surface area (Å²) in [6.45, 7) is 5.70. The molecule has 94 valence electrons. The maximum absolute atomic E-state index is 11.8. The molecule has 1 aromatic rings. The lowest BCUT2D eigenvalue weighted by Crippen LogP contribution is -2.33. The van der Waals surface area contributed by atoms with Crippen LogP contribution in [0.4, 0.5) is 0 Å². The Labute approximate surface area is 106 Å². The number of ether oxygens (including phenoxy) is 1. The molecule has 0 amide bonds. The van der Waals surface area contributed by atoms with E-state index in [0.29, 0.717) is 24.2 Å². The van der Waals surface area contributed by atoms with Gasteiger partial charge < -0.3 is 4.74 Å². The van der Waals surface area contributed by atoms with Crippen LogP contribution in [-0.2, 0) is 9.59 Å². The van der Waals surface area contributed by atoms with Crippen molar-refractivity contribution in [3.8, 4) is 5.75 Å². The quantitative estimate of drug-likeness (QED) is 0.604. The van der Waals surface area contributed by atoms with Crippen LogP contribution in [0.2, 0.25) is 0 Å². The number of carbonyl (C=O) groups is 2. The van der Waals surface area contributed by atoms with Gasteiger partial charge in [-0.15, -0.1) is 0 Å². The molecule has 1 aliphatic carbocycles. The van der Waals surface area contributed by atoms with E-state index in [0.717, 1.165) is 0 Å². The van der Waals surface area contributed by atoms with Crippen LogP contribution in [0.5, 0.6) is 5.75 Å². The first-order valence-corrected chi connectivity index (χ1v) is 5.98. The average Bonchev–Trinajstić information content (AvgIpc) is 2.66. The van der Waals surface area contributed by atoms with Crippen LogP contribution in [0.25, 0.3) is 0 Å². The van der Waals surface area contributed by atoms with Gasteiger partial charge in [0.2, 0.25) is 0 Å². The zero-order chi connectivity index (χ0) is 13.2. The summed E-state index contributed by atoms with van der Waals surface area (Å²) in [5.41, 5.74) is -0.506. The minimum Gasteiger partial charge on any atom is -0.489 e. The average molecular weight is 244 g/mol. The van der Waals surface area contributed by atoms with Crippen molar-refractivity contribution in [1.82, 2.24) is 0 Å². The van der Waals surface area contributed by atoms with Crippen molar-refractivity contribution in [2.45, 2.75) is 19.8 Å². The summed E-state index contributed by atoms with van der Waals surface area (Å²) in [5, 5.41) is 0. The molecule has 1 aromatic carbocycles. The van der Waals surface area contributed by atoms with Crippen LogP contribution in [-0.4, -0.2) is 18.2 Å². The van der Waals surface area contributed by atoms with Gasteiger partial charge in [-0.1, -0.05) is 24.8 Å². The molecule has 0 atom stereocenters. The Morgan fingerprint density at radius 2 is 1.78 bits per heavy atom. The molecule has 0 saturated heterocycles. The second-order valence-electron chi connectivity index (χ2n) is 4.68. The summed E-state index contributed by atoms with van der Waals surface area (Å²) in [5.74, 6) is 0.614. The van der Waals surface area contributed by atoms with Crippen molar-refractivity contribution in [2.75, 3.05) is 6.61 Å². The second-order valence-corrected chi connectivity index (χ2v) is 4.68. The first kappa shape index (κ1) is 12.6. The van der Waals surface area contributed by atoms with Gasteiger partial charge in [0.15, 0.2) is 11.6 Å². The Hall–Kier alpha value is -1.90. The van der Waals surface area contributed by atoms with E-state index >= 15 is 0 Å². The monoisotopic (exact) mass is 244 g/mol. The van der Waals surface area contributed by atoms with Gasteiger partial charge >= 0.3 is 0 Å². The van der Waals surface area contributed by atoms with Crippen LogP contribution < -0.4 is 4.74 Å². The topological polar surface area (TPSA) is 43.4 Å². The van der Waals surface area contributed by atoms with Gasteiger partial charge in [0.1, 0.15) is 17.8 Å². The van der Waals surface area contributed by atoms with E-state index in [1.165, 1.54) is 0 Å². The van der Waals surface area contributed by atoms with Gasteiger partial charge in [0.25, 0.3) is 0 Å². The van der Waals surface area contributed by atoms with Gasteiger partial charge in [-0.25, -0.2) is 0 Å². The van der Waals surface area contributed by atoms with Gasteiger partial charge in [-0.3, -0.25) is 9.59 Å². The van der Waals surface area contributed by atoms with E-state index in [1.807, 2.05) is 30.3 Å². The van der Waals surface area contributed by atoms with Crippen LogP contribution >= 0.6 is 0 Å². The second kappa shape index (κ2) is 4.77. The molecule has 0 bridgehead atoms. The van der Waals surface area contributed by atoms with Crippen molar-refractivity contribution in [3.63, 3.8) is 0 Å². The fraction of sp³-hybridized carbons (Fsp3) is 0.333. The lowest BCUT2D eigenvalue weighted by Gasteiger charge is -2.23. The van der Waals surface area contributed by atoms with E-state index in [2.05, 4.69) is 6.58 Å². The third-order valence-corrected chi connectivity index (χ3v) is 3.56. The summed E-state index contributed by atoms with van der Waals surface area (Å²) < 4.78 is 5.54. The first-order valence-electron chi connectivity index (χ1n) is 5.98. The molecular weight excluding hydrogens is 228 g/mol. The lowest BCUT2D eigenvalue weighted by molar-refractivity contribution is -0.131. The Bertz CT molecular complexity index is 472. The number of benzene rings is 1. The zero-order valence-corrected chi connectivity index (χ0v) is 10.4. The maximum atomic E-state index is 11.8. The van der Waals surface area contributed by atoms with Crippen LogP contribution in [0.3, 0.4) is 0 Å². The van der Waals surface area contributed by atoms with Crippen molar-refractivity contribution < 1.29 is 14.3 Å². The lowest BCUT2D eigenvalue weighted by atomic mass is 9.80. The number of Topliss-reactive ketones (excluding diaryl/α,β-unsaturated/α-hetero) is 2. The molecule has 0 N–H and O–H groups in total. The highest BCUT2D eigenvalue weighted by atomic mass is 16.5. The third-order valence-electron chi connectivity index (χ3n) is 3.56. The van der Waals surface area contributed by atoms with Crippen molar-refractivity contribution in [1.29, 1.82) is 0 Å². The minimum absolute atomic E-state index is 0.0471. The van der Waals surface area contributed by atoms with Gasteiger partial charge in [0, 0.05) is 12.8 Å². The highest BCUT2D eigenvalue weighted by molar-refractivity contribution is 6.15. The summed E-state index contributed by atoms with van der Waals surface area (Å²) in [6.07, 6.45) is 0.638. The molecule has 0 heterocycles. The number of carbonyl (C=O) groups excluding carboxylic acids is 2. The van der Waals surface area contributed by atoms with Crippen LogP contribution in [0.15, 0.2) is 42.5 Å². The molecule has 0 aliphatic heterocycles. The summed E-state index contributed by atoms with van der Waals surface area (Å²) in [4.78, 5) is 23.6. The van der Waals surface area contributed by atoms with Gasteiger partial charge in [0.05, 0.1) is 0 Å². The molecule has 1 aliphatic rings. The Morgan fingerprint density at radius 3 is 2.33 bits per heavy atom. The maximum Gasteiger partial charge on any atom is 0.150 e. The molecule has 1 saturated carbocycles. The van der Waals surface area contributed by atoms with E-state index in [4.69, 9.17) is 4.74 Å². The molecule has 0 spiro atoms. The molecule has 0 radical (unpaired) electrons. The summed E-state index contributed by atoms with van der Waals surface area (Å²) >= 11 is 0. The molecular formula is C15H16O3. The molecule has 2 rings (SSSR count). The SMILES string of the molecule is C=C(COc1ccccc1)C1(C)C(=O)CCC1=O. The van der Waals surface area contributed by atoms with E-state index in [-0.39, 0.29) is 18.2 Å². The minimum atomic E-state index is -1.05. The Kier molecular flexibility index (Phi) is 3.32. The van der Waals surface area contributed by atoms with E-state index in [9.17, 15) is 9.59 Å². The summed E-state index contributed by atoms with van der Waals surface area (Å²) in [7, 11) is 0. The number of para-hydroxylation sites is 1. The molecule has 0 aromatic heterocycles. The standard InChI is InChI=1S/C15H16O3/c1-11(10-18-12-6-4-3-5-7-12)15(2)13(16)8-9-14(15)17/h3-7H,1,8-10H2,2H3. The van der Waals surface area contributed by atoms with Crippen molar-refractivity contribution >= 4 is 11.6 Å². The highest BCUT2D eigenvalue weighted by Gasteiger charge is 2.47. The zero-order valence-electron chi connectivity index (χ0n) is 10.4. The van der Waals surface area contributed by atoms with E-state index < -0.39 is 5.41 Å². The predicted molar refractivity (Wildman–Crippen MR) is 68.4 cm³/mol. The van der Waals surface area contributed by atoms with Crippen molar-refractivity contribution in [2.24, 2.45) is 5.41 Å². The number of rotatable bonds is 4. The van der Waals surface area contributed by atoms with E-state index in [1.54, 1.807) is 6.92 Å². The fourth-order valence-corrected chi connectivity index (χ4v) is 2.11. The fourth-order valence-electron chi connectivity index (χ4n) is 2.11. The van der Waals surface area contributed by atoms with Crippen LogP contribution in [0.1, 0.15) is 19.8 Å². The smallest absolute Gasteiger partial charge is 0.150 e. The van der Waals surface area contributed by atoms with Gasteiger partial charge in [-0.2, -0.15) is 0 Å². The first-order chi connectivity index (χ1) is 8.55. The molecule has 18 heavy (non-hydrogen) atoms.